The molecule has 2 atom stereocenters. The first-order valence-corrected chi connectivity index (χ1v) is 14.1. The fraction of sp³-hybridized carbons (Fsp3) is 0.387. The lowest BCUT2D eigenvalue weighted by molar-refractivity contribution is -0.131. The molecule has 0 unspecified atom stereocenters. The van der Waals surface area contributed by atoms with Crippen LogP contribution in [0.2, 0.25) is 0 Å². The van der Waals surface area contributed by atoms with Crippen LogP contribution in [0.25, 0.3) is 0 Å². The maximum Gasteiger partial charge on any atom is 0.258 e. The molecule has 3 aromatic rings. The monoisotopic (exact) mass is 605 g/mol. The summed E-state index contributed by atoms with van der Waals surface area (Å²) in [4.78, 5) is 53.2. The zero-order valence-electron chi connectivity index (χ0n) is 25.3. The quantitative estimate of drug-likeness (QED) is 0.415. The molecule has 2 N–H and O–H groups in total. The lowest BCUT2D eigenvalue weighted by Gasteiger charge is -2.22. The number of hydrogen-bond donors (Lipinski definition) is 2. The summed E-state index contributed by atoms with van der Waals surface area (Å²) in [5, 5.41) is 10.2. The van der Waals surface area contributed by atoms with E-state index in [1.54, 1.807) is 49.1 Å². The number of aromatic nitrogens is 2. The second-order valence-electron chi connectivity index (χ2n) is 10.7. The Morgan fingerprint density at radius 2 is 1.84 bits per heavy atom. The second-order valence-corrected chi connectivity index (χ2v) is 10.7. The van der Waals surface area contributed by atoms with Gasteiger partial charge < -0.3 is 34.5 Å². The number of nitrogens with zero attached hydrogens (tertiary/aromatic N) is 3. The number of carbonyl (C=O) groups is 4. The Bertz CT molecular complexity index is 1620. The molecule has 1 fully saturated rings. The van der Waals surface area contributed by atoms with Crippen LogP contribution in [0.4, 0.5) is 0 Å². The average molecular weight is 606 g/mol. The van der Waals surface area contributed by atoms with Crippen molar-refractivity contribution in [1.29, 1.82) is 0 Å². The Morgan fingerprint density at radius 1 is 1.05 bits per heavy atom. The van der Waals surface area contributed by atoms with Crippen molar-refractivity contribution in [1.82, 2.24) is 25.3 Å². The number of methoxy groups -OCH3 is 2. The minimum Gasteiger partial charge on any atom is -0.497 e. The third-order valence-corrected chi connectivity index (χ3v) is 7.72. The summed E-state index contributed by atoms with van der Waals surface area (Å²) in [7, 11) is 2.98. The number of amides is 3. The van der Waals surface area contributed by atoms with Crippen LogP contribution in [0.1, 0.15) is 44.6 Å². The molecule has 3 amide bonds. The van der Waals surface area contributed by atoms with Crippen molar-refractivity contribution in [3.63, 3.8) is 0 Å². The van der Waals surface area contributed by atoms with E-state index in [0.29, 0.717) is 34.2 Å². The molecule has 13 nitrogen and oxygen atoms in total. The average Bonchev–Trinajstić information content (AvgIpc) is 3.52. The molecule has 232 valence electrons. The first-order valence-electron chi connectivity index (χ1n) is 14.1. The van der Waals surface area contributed by atoms with Crippen molar-refractivity contribution in [2.24, 2.45) is 0 Å². The molecule has 6 rings (SSSR count). The van der Waals surface area contributed by atoms with Gasteiger partial charge in [0.1, 0.15) is 35.6 Å². The van der Waals surface area contributed by atoms with E-state index >= 15 is 0 Å². The molecule has 0 radical (unpaired) electrons. The first-order chi connectivity index (χ1) is 21.1. The van der Waals surface area contributed by atoms with Gasteiger partial charge in [-0.25, -0.2) is 0 Å². The van der Waals surface area contributed by atoms with Crippen molar-refractivity contribution >= 4 is 23.5 Å². The van der Waals surface area contributed by atoms with Crippen LogP contribution in [0, 0.1) is 13.8 Å². The van der Waals surface area contributed by atoms with Crippen LogP contribution >= 0.6 is 0 Å². The number of hydrogen-bond acceptors (Lipinski definition) is 9. The first kappa shape index (κ1) is 30.4. The topological polar surface area (TPSA) is 150 Å². The van der Waals surface area contributed by atoms with Crippen molar-refractivity contribution in [3.05, 3.63) is 64.5 Å². The van der Waals surface area contributed by atoms with E-state index in [1.165, 1.54) is 31.9 Å². The van der Waals surface area contributed by atoms with Crippen LogP contribution in [0.5, 0.6) is 23.0 Å². The fourth-order valence-electron chi connectivity index (χ4n) is 5.49. The van der Waals surface area contributed by atoms with Gasteiger partial charge in [0, 0.05) is 42.0 Å². The molecule has 4 bridgehead atoms. The SMILES string of the molecule is COc1cc2cc(c1)C(=O)N[C@H]1CN(C(=O)Cn3nc(C)c(C(C)=O)c3C)C[C@@H]1Oc1ccc(c(OC)c1)CNC(=O)CO2. The summed E-state index contributed by atoms with van der Waals surface area (Å²) < 4.78 is 24.4. The highest BCUT2D eigenvalue weighted by atomic mass is 16.5. The molecule has 3 aliphatic heterocycles. The third kappa shape index (κ3) is 6.46. The number of carbonyl (C=O) groups excluding carboxylic acids is 4. The smallest absolute Gasteiger partial charge is 0.258 e. The highest BCUT2D eigenvalue weighted by Gasteiger charge is 2.38. The molecule has 2 aromatic carbocycles. The van der Waals surface area contributed by atoms with Gasteiger partial charge in [-0.05, 0) is 45.0 Å². The van der Waals surface area contributed by atoms with Gasteiger partial charge in [0.25, 0.3) is 11.8 Å². The molecular weight excluding hydrogens is 570 g/mol. The van der Waals surface area contributed by atoms with Gasteiger partial charge in [-0.15, -0.1) is 0 Å². The van der Waals surface area contributed by atoms with Crippen molar-refractivity contribution in [2.45, 2.75) is 46.0 Å². The molecule has 1 saturated heterocycles. The van der Waals surface area contributed by atoms with E-state index in [1.807, 2.05) is 0 Å². The van der Waals surface area contributed by atoms with Gasteiger partial charge in [-0.2, -0.15) is 5.10 Å². The number of ketones is 1. The number of benzene rings is 2. The standard InChI is InChI=1S/C31H35N5O8/c1-17-30(19(3)37)18(2)36(34-17)15-29(39)35-13-25-27(14-35)44-22-7-6-20(26(11-22)42-5)12-32-28(38)16-43-24-9-21(31(40)33-25)8-23(10-24)41-4/h6-11,25,27H,12-16H2,1-5H3,(H,32,38)(H,33,40)/t25-,27-/m0/s1. The number of Topliss-reactive ketones (excluding diaryl/α,β-unsaturated/α-hetero) is 1. The van der Waals surface area contributed by atoms with E-state index in [0.717, 1.165) is 5.56 Å². The van der Waals surface area contributed by atoms with Crippen molar-refractivity contribution in [2.75, 3.05) is 33.9 Å². The molecule has 3 aliphatic rings. The number of aryl methyl sites for hydroxylation is 1. The van der Waals surface area contributed by atoms with Gasteiger partial charge in [0.15, 0.2) is 12.4 Å². The number of likely N-dealkylation sites (tertiary alicyclic amines) is 1. The second kappa shape index (κ2) is 12.7. The molecule has 0 saturated carbocycles. The zero-order valence-corrected chi connectivity index (χ0v) is 25.3. The fourth-order valence-corrected chi connectivity index (χ4v) is 5.49. The summed E-state index contributed by atoms with van der Waals surface area (Å²) >= 11 is 0. The summed E-state index contributed by atoms with van der Waals surface area (Å²) in [5.41, 5.74) is 2.66. The van der Waals surface area contributed by atoms with E-state index in [-0.39, 0.29) is 61.7 Å². The maximum atomic E-state index is 13.5. The number of nitrogens with one attached hydrogen (secondary N) is 2. The van der Waals surface area contributed by atoms with Gasteiger partial charge in [-0.3, -0.25) is 23.9 Å². The summed E-state index contributed by atoms with van der Waals surface area (Å²) in [6.07, 6.45) is -0.608. The lowest BCUT2D eigenvalue weighted by Crippen LogP contribution is -2.45. The van der Waals surface area contributed by atoms with Crippen molar-refractivity contribution in [3.8, 4) is 23.0 Å². The normalized spacial score (nSPS) is 18.3. The Kier molecular flexibility index (Phi) is 8.74. The van der Waals surface area contributed by atoms with Crippen LogP contribution in [0.3, 0.4) is 0 Å². The van der Waals surface area contributed by atoms with E-state index < -0.39 is 18.1 Å². The summed E-state index contributed by atoms with van der Waals surface area (Å²) in [6.45, 7) is 5.18. The van der Waals surface area contributed by atoms with E-state index in [2.05, 4.69) is 15.7 Å². The van der Waals surface area contributed by atoms with Gasteiger partial charge >= 0.3 is 0 Å². The molecule has 0 aliphatic carbocycles. The molecule has 13 heteroatoms. The predicted octanol–water partition coefficient (Wildman–Crippen LogP) is 1.82. The van der Waals surface area contributed by atoms with Crippen LogP contribution in [0.15, 0.2) is 36.4 Å². The van der Waals surface area contributed by atoms with Crippen LogP contribution < -0.4 is 29.6 Å². The maximum absolute atomic E-state index is 13.5. The molecular formula is C31H35N5O8. The lowest BCUT2D eigenvalue weighted by atomic mass is 10.1. The minimum absolute atomic E-state index is 0.0713. The molecule has 0 spiro atoms. The minimum atomic E-state index is -0.608. The summed E-state index contributed by atoms with van der Waals surface area (Å²) in [6, 6.07) is 9.30. The number of ether oxygens (including phenoxy) is 4. The third-order valence-electron chi connectivity index (χ3n) is 7.72. The van der Waals surface area contributed by atoms with Gasteiger partial charge in [0.05, 0.1) is 38.1 Å². The molecule has 4 heterocycles. The van der Waals surface area contributed by atoms with Crippen LogP contribution in [-0.2, 0) is 22.7 Å². The highest BCUT2D eigenvalue weighted by molar-refractivity contribution is 5.96. The predicted molar refractivity (Wildman–Crippen MR) is 157 cm³/mol. The Labute approximate surface area is 254 Å². The largest absolute Gasteiger partial charge is 0.497 e. The van der Waals surface area contributed by atoms with Crippen molar-refractivity contribution < 1.29 is 38.1 Å². The highest BCUT2D eigenvalue weighted by Crippen LogP contribution is 2.28. The van der Waals surface area contributed by atoms with Gasteiger partial charge in [-0.1, -0.05) is 0 Å². The zero-order chi connectivity index (χ0) is 31.5. The van der Waals surface area contributed by atoms with Gasteiger partial charge in [0.2, 0.25) is 5.91 Å². The molecule has 44 heavy (non-hydrogen) atoms. The Morgan fingerprint density at radius 3 is 2.55 bits per heavy atom. The Balaban J connectivity index is 1.45. The van der Waals surface area contributed by atoms with Crippen LogP contribution in [-0.4, -0.2) is 84.2 Å². The number of fused-ring (bicyclic) bond motifs is 7. The van der Waals surface area contributed by atoms with E-state index in [9.17, 15) is 19.2 Å². The number of rotatable bonds is 5. The Hall–Kier alpha value is -5.07. The van der Waals surface area contributed by atoms with E-state index in [4.69, 9.17) is 18.9 Å². The summed E-state index contributed by atoms with van der Waals surface area (Å²) in [5.74, 6) is 0.477. The molecule has 1 aromatic heterocycles.